The van der Waals surface area contributed by atoms with Crippen LogP contribution in [0.3, 0.4) is 0 Å². The van der Waals surface area contributed by atoms with E-state index in [1.807, 2.05) is 43.5 Å². The molecule has 3 rings (SSSR count). The van der Waals surface area contributed by atoms with E-state index in [9.17, 15) is 14.7 Å². The van der Waals surface area contributed by atoms with Gasteiger partial charge in [-0.05, 0) is 18.1 Å². The molecule has 6 nitrogen and oxygen atoms in total. The number of hydrogen-bond donors (Lipinski definition) is 1. The fourth-order valence-electron chi connectivity index (χ4n) is 3.25. The van der Waals surface area contributed by atoms with Gasteiger partial charge >= 0.3 is 5.97 Å². The zero-order chi connectivity index (χ0) is 17.1. The smallest absolute Gasteiger partial charge is 0.308 e. The normalized spacial score (nSPS) is 20.3. The van der Waals surface area contributed by atoms with E-state index in [1.54, 1.807) is 15.8 Å². The van der Waals surface area contributed by atoms with Crippen LogP contribution in [0.15, 0.2) is 42.7 Å². The Morgan fingerprint density at radius 1 is 1.25 bits per heavy atom. The van der Waals surface area contributed by atoms with Crippen molar-refractivity contribution in [2.75, 3.05) is 13.1 Å². The number of amides is 1. The van der Waals surface area contributed by atoms with Crippen molar-refractivity contribution >= 4 is 11.9 Å². The summed E-state index contributed by atoms with van der Waals surface area (Å²) in [5.41, 5.74) is 2.03. The van der Waals surface area contributed by atoms with Crippen molar-refractivity contribution in [3.63, 3.8) is 0 Å². The van der Waals surface area contributed by atoms with Gasteiger partial charge in [-0.3, -0.25) is 14.3 Å². The van der Waals surface area contributed by atoms with Gasteiger partial charge in [-0.15, -0.1) is 0 Å². The lowest BCUT2D eigenvalue weighted by atomic mass is 9.89. The molecule has 2 heterocycles. The molecule has 1 amide bonds. The van der Waals surface area contributed by atoms with E-state index in [0.29, 0.717) is 19.5 Å². The predicted octanol–water partition coefficient (Wildman–Crippen LogP) is 1.91. The summed E-state index contributed by atoms with van der Waals surface area (Å²) in [6.07, 6.45) is 3.98. The zero-order valence-corrected chi connectivity index (χ0v) is 13.6. The van der Waals surface area contributed by atoms with Crippen LogP contribution in [0.25, 0.3) is 0 Å². The van der Waals surface area contributed by atoms with Crippen molar-refractivity contribution in [3.8, 4) is 0 Å². The maximum absolute atomic E-state index is 12.5. The number of rotatable bonds is 5. The van der Waals surface area contributed by atoms with E-state index in [0.717, 1.165) is 11.1 Å². The number of aromatic nitrogens is 2. The molecular weight excluding hydrogens is 306 g/mol. The van der Waals surface area contributed by atoms with Gasteiger partial charge in [0.2, 0.25) is 5.91 Å². The van der Waals surface area contributed by atoms with Crippen LogP contribution in [0.1, 0.15) is 23.5 Å². The average molecular weight is 327 g/mol. The van der Waals surface area contributed by atoms with Gasteiger partial charge in [0.15, 0.2) is 0 Å². The van der Waals surface area contributed by atoms with Gasteiger partial charge in [-0.25, -0.2) is 0 Å². The lowest BCUT2D eigenvalue weighted by molar-refractivity contribution is -0.141. The number of carboxylic acid groups (broad SMARTS) is 1. The Labute approximate surface area is 140 Å². The second kappa shape index (κ2) is 6.86. The summed E-state index contributed by atoms with van der Waals surface area (Å²) in [6.45, 7) is 3.19. The van der Waals surface area contributed by atoms with Gasteiger partial charge in [0.05, 0.1) is 12.1 Å². The summed E-state index contributed by atoms with van der Waals surface area (Å²) in [7, 11) is 0. The van der Waals surface area contributed by atoms with E-state index in [-0.39, 0.29) is 18.4 Å². The van der Waals surface area contributed by atoms with E-state index in [4.69, 9.17) is 0 Å². The van der Waals surface area contributed by atoms with Crippen LogP contribution in [0.4, 0.5) is 0 Å². The quantitative estimate of drug-likeness (QED) is 0.910. The van der Waals surface area contributed by atoms with Crippen molar-refractivity contribution in [2.45, 2.75) is 25.8 Å². The highest BCUT2D eigenvalue weighted by Crippen LogP contribution is 2.33. The Balaban J connectivity index is 1.66. The summed E-state index contributed by atoms with van der Waals surface area (Å²) in [4.78, 5) is 25.7. The average Bonchev–Trinajstić information content (AvgIpc) is 3.20. The molecule has 126 valence electrons. The molecule has 0 aliphatic carbocycles. The molecule has 1 aromatic carbocycles. The second-order valence-electron chi connectivity index (χ2n) is 6.29. The van der Waals surface area contributed by atoms with Gasteiger partial charge < -0.3 is 10.0 Å². The van der Waals surface area contributed by atoms with Gasteiger partial charge in [0.1, 0.15) is 0 Å². The lowest BCUT2D eigenvalue weighted by Gasteiger charge is -2.16. The highest BCUT2D eigenvalue weighted by Gasteiger charge is 2.40. The largest absolute Gasteiger partial charge is 0.481 e. The maximum Gasteiger partial charge on any atom is 0.308 e. The van der Waals surface area contributed by atoms with E-state index < -0.39 is 11.9 Å². The maximum atomic E-state index is 12.5. The van der Waals surface area contributed by atoms with Crippen molar-refractivity contribution in [1.82, 2.24) is 14.7 Å². The second-order valence-corrected chi connectivity index (χ2v) is 6.29. The van der Waals surface area contributed by atoms with Crippen LogP contribution in [0.5, 0.6) is 0 Å². The van der Waals surface area contributed by atoms with E-state index in [2.05, 4.69) is 5.10 Å². The number of aryl methyl sites for hydroxylation is 2. The topological polar surface area (TPSA) is 75.4 Å². The number of carbonyl (C=O) groups excluding carboxylic acids is 1. The molecular formula is C18H21N3O3. The van der Waals surface area contributed by atoms with Gasteiger partial charge in [-0.2, -0.15) is 5.10 Å². The Kier molecular flexibility index (Phi) is 4.64. The third kappa shape index (κ3) is 3.48. The predicted molar refractivity (Wildman–Crippen MR) is 88.5 cm³/mol. The van der Waals surface area contributed by atoms with Crippen LogP contribution in [0.2, 0.25) is 0 Å². The Hall–Kier alpha value is -2.63. The molecule has 0 spiro atoms. The van der Waals surface area contributed by atoms with Crippen molar-refractivity contribution < 1.29 is 14.7 Å². The van der Waals surface area contributed by atoms with Crippen LogP contribution < -0.4 is 0 Å². The number of aliphatic carboxylic acids is 1. The molecule has 0 saturated carbocycles. The molecule has 0 unspecified atom stereocenters. The number of nitrogens with zero attached hydrogens (tertiary/aromatic N) is 3. The highest BCUT2D eigenvalue weighted by molar-refractivity contribution is 5.79. The molecule has 0 radical (unpaired) electrons. The lowest BCUT2D eigenvalue weighted by Crippen LogP contribution is -2.30. The Bertz CT molecular complexity index is 726. The summed E-state index contributed by atoms with van der Waals surface area (Å²) < 4.78 is 1.74. The van der Waals surface area contributed by atoms with Gasteiger partial charge in [0, 0.05) is 38.2 Å². The SMILES string of the molecule is Cc1cnn(CCC(=O)N2C[C@H](C(=O)O)[C@H](c3ccccc3)C2)c1. The summed E-state index contributed by atoms with van der Waals surface area (Å²) >= 11 is 0. The molecule has 6 heteroatoms. The van der Waals surface area contributed by atoms with E-state index >= 15 is 0 Å². The Morgan fingerprint density at radius 3 is 2.62 bits per heavy atom. The fourth-order valence-corrected chi connectivity index (χ4v) is 3.25. The summed E-state index contributed by atoms with van der Waals surface area (Å²) in [6, 6.07) is 9.57. The van der Waals surface area contributed by atoms with Crippen LogP contribution in [-0.2, 0) is 16.1 Å². The minimum Gasteiger partial charge on any atom is -0.481 e. The monoisotopic (exact) mass is 327 g/mol. The fraction of sp³-hybridized carbons (Fsp3) is 0.389. The minimum absolute atomic E-state index is 0.0205. The van der Waals surface area contributed by atoms with Gasteiger partial charge in [0.25, 0.3) is 0 Å². The van der Waals surface area contributed by atoms with Crippen LogP contribution in [-0.4, -0.2) is 44.8 Å². The first-order valence-corrected chi connectivity index (χ1v) is 8.09. The molecule has 1 aromatic heterocycles. The van der Waals surface area contributed by atoms with E-state index in [1.165, 1.54) is 0 Å². The first kappa shape index (κ1) is 16.2. The minimum atomic E-state index is -0.846. The van der Waals surface area contributed by atoms with Gasteiger partial charge in [-0.1, -0.05) is 30.3 Å². The zero-order valence-electron chi connectivity index (χ0n) is 13.6. The number of benzene rings is 1. The number of carbonyl (C=O) groups is 2. The molecule has 1 fully saturated rings. The van der Waals surface area contributed by atoms with Crippen LogP contribution >= 0.6 is 0 Å². The molecule has 1 saturated heterocycles. The molecule has 2 atom stereocenters. The molecule has 24 heavy (non-hydrogen) atoms. The number of likely N-dealkylation sites (tertiary alicyclic amines) is 1. The standard InChI is InChI=1S/C18H21N3O3/c1-13-9-19-21(10-13)8-7-17(22)20-11-15(16(12-20)18(23)24)14-5-3-2-4-6-14/h2-6,9-10,15-16H,7-8,11-12H2,1H3,(H,23,24)/t15-,16-/m0/s1. The molecule has 0 bridgehead atoms. The third-order valence-corrected chi connectivity index (χ3v) is 4.53. The summed E-state index contributed by atoms with van der Waals surface area (Å²) in [5, 5.41) is 13.7. The number of hydrogen-bond acceptors (Lipinski definition) is 3. The molecule has 1 N–H and O–H groups in total. The van der Waals surface area contributed by atoms with Crippen molar-refractivity contribution in [3.05, 3.63) is 53.9 Å². The number of carboxylic acids is 1. The summed E-state index contributed by atoms with van der Waals surface area (Å²) in [5.74, 6) is -1.57. The van der Waals surface area contributed by atoms with Crippen molar-refractivity contribution in [1.29, 1.82) is 0 Å². The first-order valence-electron chi connectivity index (χ1n) is 8.09. The Morgan fingerprint density at radius 2 is 2.00 bits per heavy atom. The molecule has 1 aliphatic rings. The molecule has 2 aromatic rings. The highest BCUT2D eigenvalue weighted by atomic mass is 16.4. The first-order chi connectivity index (χ1) is 11.5. The molecule has 1 aliphatic heterocycles. The van der Waals surface area contributed by atoms with Crippen molar-refractivity contribution in [2.24, 2.45) is 5.92 Å². The third-order valence-electron chi connectivity index (χ3n) is 4.53. The van der Waals surface area contributed by atoms with Crippen LogP contribution in [0, 0.1) is 12.8 Å².